The highest BCUT2D eigenvalue weighted by Gasteiger charge is 2.17. The number of nitrogens with zero attached hydrogens (tertiary/aromatic N) is 1. The molecule has 72 valence electrons. The maximum atomic E-state index is 10.4. The SMILES string of the molecule is O=Cc1cc(B(O)O)cc([N+](=O)[O-])c1. The zero-order valence-electron chi connectivity index (χ0n) is 6.95. The summed E-state index contributed by atoms with van der Waals surface area (Å²) in [7, 11) is -1.83. The molecular weight excluding hydrogens is 189 g/mol. The van der Waals surface area contributed by atoms with Crippen molar-refractivity contribution in [2.45, 2.75) is 0 Å². The second-order valence-corrected chi connectivity index (χ2v) is 2.61. The Morgan fingerprint density at radius 1 is 1.36 bits per heavy atom. The summed E-state index contributed by atoms with van der Waals surface area (Å²) in [5, 5.41) is 27.9. The van der Waals surface area contributed by atoms with Gasteiger partial charge >= 0.3 is 7.12 Å². The first-order chi connectivity index (χ1) is 6.54. The van der Waals surface area contributed by atoms with Gasteiger partial charge in [0.15, 0.2) is 0 Å². The minimum absolute atomic E-state index is 0.0299. The van der Waals surface area contributed by atoms with Crippen LogP contribution in [0, 0.1) is 10.1 Å². The number of nitro groups is 1. The van der Waals surface area contributed by atoms with E-state index in [1.165, 1.54) is 6.07 Å². The Balaban J connectivity index is 3.27. The van der Waals surface area contributed by atoms with Crippen molar-refractivity contribution in [2.75, 3.05) is 0 Å². The molecule has 0 spiro atoms. The van der Waals surface area contributed by atoms with Crippen LogP contribution in [0.1, 0.15) is 10.4 Å². The lowest BCUT2D eigenvalue weighted by Gasteiger charge is -2.00. The van der Waals surface area contributed by atoms with Gasteiger partial charge in [-0.3, -0.25) is 14.9 Å². The quantitative estimate of drug-likeness (QED) is 0.281. The van der Waals surface area contributed by atoms with Crippen LogP contribution in [0.15, 0.2) is 18.2 Å². The number of rotatable bonds is 3. The molecule has 0 aliphatic carbocycles. The van der Waals surface area contributed by atoms with Gasteiger partial charge in [-0.15, -0.1) is 0 Å². The lowest BCUT2D eigenvalue weighted by molar-refractivity contribution is -0.384. The van der Waals surface area contributed by atoms with Gasteiger partial charge in [-0.25, -0.2) is 0 Å². The number of nitro benzene ring substituents is 1. The van der Waals surface area contributed by atoms with Crippen molar-refractivity contribution >= 4 is 24.6 Å². The molecule has 0 aliphatic rings. The van der Waals surface area contributed by atoms with Gasteiger partial charge < -0.3 is 10.0 Å². The van der Waals surface area contributed by atoms with Crippen molar-refractivity contribution in [3.8, 4) is 0 Å². The van der Waals surface area contributed by atoms with Gasteiger partial charge in [0.2, 0.25) is 0 Å². The van der Waals surface area contributed by atoms with E-state index in [-0.39, 0.29) is 16.7 Å². The molecule has 6 nitrogen and oxygen atoms in total. The van der Waals surface area contributed by atoms with Crippen molar-refractivity contribution < 1.29 is 19.8 Å². The number of aldehydes is 1. The molecule has 14 heavy (non-hydrogen) atoms. The minimum atomic E-state index is -1.83. The molecule has 1 aromatic carbocycles. The number of carbonyl (C=O) groups excluding carboxylic acids is 1. The second-order valence-electron chi connectivity index (χ2n) is 2.61. The summed E-state index contributed by atoms with van der Waals surface area (Å²) < 4.78 is 0. The molecular formula is C7H6BNO5. The van der Waals surface area contributed by atoms with Crippen molar-refractivity contribution in [1.29, 1.82) is 0 Å². The van der Waals surface area contributed by atoms with Crippen LogP contribution in [0.5, 0.6) is 0 Å². The first-order valence-corrected chi connectivity index (χ1v) is 3.65. The third-order valence-electron chi connectivity index (χ3n) is 1.61. The molecule has 0 heterocycles. The number of non-ortho nitro benzene ring substituents is 1. The molecule has 0 saturated heterocycles. The lowest BCUT2D eigenvalue weighted by Crippen LogP contribution is -2.30. The molecule has 7 heteroatoms. The fourth-order valence-corrected chi connectivity index (χ4v) is 0.981. The molecule has 1 rings (SSSR count). The maximum Gasteiger partial charge on any atom is 0.488 e. The van der Waals surface area contributed by atoms with Crippen LogP contribution in [-0.2, 0) is 0 Å². The minimum Gasteiger partial charge on any atom is -0.423 e. The summed E-state index contributed by atoms with van der Waals surface area (Å²) in [5.41, 5.74) is -0.402. The lowest BCUT2D eigenvalue weighted by atomic mass is 9.79. The Morgan fingerprint density at radius 2 is 2.00 bits per heavy atom. The predicted octanol–water partition coefficient (Wildman–Crippen LogP) is -0.913. The smallest absolute Gasteiger partial charge is 0.423 e. The molecule has 0 fully saturated rings. The van der Waals surface area contributed by atoms with Gasteiger partial charge in [-0.1, -0.05) is 6.07 Å². The number of benzene rings is 1. The van der Waals surface area contributed by atoms with Crippen molar-refractivity contribution in [2.24, 2.45) is 0 Å². The van der Waals surface area contributed by atoms with Gasteiger partial charge in [-0.2, -0.15) is 0 Å². The van der Waals surface area contributed by atoms with Gasteiger partial charge in [-0.05, 0) is 5.46 Å². The van der Waals surface area contributed by atoms with E-state index in [2.05, 4.69) is 0 Å². The van der Waals surface area contributed by atoms with E-state index in [9.17, 15) is 14.9 Å². The molecule has 1 aromatic rings. The number of hydrogen-bond acceptors (Lipinski definition) is 5. The normalized spacial score (nSPS) is 9.57. The van der Waals surface area contributed by atoms with Crippen molar-refractivity contribution in [3.05, 3.63) is 33.9 Å². The average Bonchev–Trinajstić information content (AvgIpc) is 2.16. The molecule has 0 aliphatic heterocycles. The zero-order valence-corrected chi connectivity index (χ0v) is 6.95. The van der Waals surface area contributed by atoms with Gasteiger partial charge in [0, 0.05) is 17.7 Å². The van der Waals surface area contributed by atoms with Crippen LogP contribution >= 0.6 is 0 Å². The maximum absolute atomic E-state index is 10.4. The van der Waals surface area contributed by atoms with Gasteiger partial charge in [0.1, 0.15) is 6.29 Å². The van der Waals surface area contributed by atoms with E-state index in [0.717, 1.165) is 12.1 Å². The molecule has 0 bridgehead atoms. The number of hydrogen-bond donors (Lipinski definition) is 2. The van der Waals surface area contributed by atoms with Crippen LogP contribution in [-0.4, -0.2) is 28.4 Å². The Labute approximate surface area is 79.1 Å². The van der Waals surface area contributed by atoms with Crippen molar-refractivity contribution in [3.63, 3.8) is 0 Å². The van der Waals surface area contributed by atoms with Crippen LogP contribution in [0.4, 0.5) is 5.69 Å². The Hall–Kier alpha value is -1.73. The Kier molecular flexibility index (Phi) is 2.95. The summed E-state index contributed by atoms with van der Waals surface area (Å²) >= 11 is 0. The molecule has 2 N–H and O–H groups in total. The third kappa shape index (κ3) is 2.15. The average molecular weight is 195 g/mol. The summed E-state index contributed by atoms with van der Waals surface area (Å²) in [5.74, 6) is 0. The Bertz CT molecular complexity index is 378. The fraction of sp³-hybridized carbons (Fsp3) is 0. The zero-order chi connectivity index (χ0) is 10.7. The van der Waals surface area contributed by atoms with E-state index in [0.29, 0.717) is 6.29 Å². The van der Waals surface area contributed by atoms with E-state index in [1.807, 2.05) is 0 Å². The molecule has 0 aromatic heterocycles. The van der Waals surface area contributed by atoms with E-state index < -0.39 is 12.0 Å². The predicted molar refractivity (Wildman–Crippen MR) is 48.3 cm³/mol. The Morgan fingerprint density at radius 3 is 2.43 bits per heavy atom. The first kappa shape index (κ1) is 10.4. The highest BCUT2D eigenvalue weighted by molar-refractivity contribution is 6.58. The summed E-state index contributed by atoms with van der Waals surface area (Å²) in [6.07, 6.45) is 0.402. The van der Waals surface area contributed by atoms with Crippen LogP contribution in [0.3, 0.4) is 0 Å². The fourth-order valence-electron chi connectivity index (χ4n) is 0.981. The summed E-state index contributed by atoms with van der Waals surface area (Å²) in [6.45, 7) is 0. The molecule has 0 radical (unpaired) electrons. The van der Waals surface area contributed by atoms with Crippen LogP contribution in [0.25, 0.3) is 0 Å². The standard InChI is InChI=1S/C7H6BNO5/c10-4-5-1-6(8(11)12)3-7(2-5)9(13)14/h1-4,11-12H. The highest BCUT2D eigenvalue weighted by Crippen LogP contribution is 2.10. The third-order valence-corrected chi connectivity index (χ3v) is 1.61. The largest absolute Gasteiger partial charge is 0.488 e. The molecule has 0 unspecified atom stereocenters. The second kappa shape index (κ2) is 3.99. The summed E-state index contributed by atoms with van der Waals surface area (Å²) in [6, 6.07) is 3.22. The van der Waals surface area contributed by atoms with Crippen molar-refractivity contribution in [1.82, 2.24) is 0 Å². The monoisotopic (exact) mass is 195 g/mol. The van der Waals surface area contributed by atoms with E-state index in [4.69, 9.17) is 10.0 Å². The summed E-state index contributed by atoms with van der Waals surface area (Å²) in [4.78, 5) is 20.0. The molecule has 0 saturated carbocycles. The first-order valence-electron chi connectivity index (χ1n) is 3.65. The number of carbonyl (C=O) groups is 1. The van der Waals surface area contributed by atoms with Gasteiger partial charge in [0.05, 0.1) is 4.92 Å². The van der Waals surface area contributed by atoms with Gasteiger partial charge in [0.25, 0.3) is 5.69 Å². The topological polar surface area (TPSA) is 101 Å². The molecule has 0 atom stereocenters. The van der Waals surface area contributed by atoms with E-state index >= 15 is 0 Å². The van der Waals surface area contributed by atoms with Crippen LogP contribution < -0.4 is 5.46 Å². The van der Waals surface area contributed by atoms with Crippen LogP contribution in [0.2, 0.25) is 0 Å². The molecule has 0 amide bonds. The highest BCUT2D eigenvalue weighted by atomic mass is 16.6. The van der Waals surface area contributed by atoms with E-state index in [1.54, 1.807) is 0 Å².